The lowest BCUT2D eigenvalue weighted by Crippen LogP contribution is -2.49. The number of methoxy groups -OCH3 is 1. The Balaban J connectivity index is 2.89. The standard InChI is InChI=1S/C15H24O4S/c1-6-20-11-7-8-15(4,19-13(16)10(2)3)12(9-11)14(17)18-5/h11-12H,2,6-9H2,1,3-5H3. The summed E-state index contributed by atoms with van der Waals surface area (Å²) in [6.45, 7) is 9.13. The number of carbonyl (C=O) groups is 2. The van der Waals surface area contributed by atoms with Gasteiger partial charge in [-0.2, -0.15) is 11.8 Å². The van der Waals surface area contributed by atoms with Crippen LogP contribution < -0.4 is 0 Å². The molecule has 1 aliphatic carbocycles. The maximum absolute atomic E-state index is 12.0. The van der Waals surface area contributed by atoms with Gasteiger partial charge in [0.15, 0.2) is 0 Å². The molecule has 0 radical (unpaired) electrons. The Hall–Kier alpha value is -0.970. The van der Waals surface area contributed by atoms with Crippen LogP contribution in [0.25, 0.3) is 0 Å². The van der Waals surface area contributed by atoms with Crippen molar-refractivity contribution in [3.8, 4) is 0 Å². The van der Waals surface area contributed by atoms with E-state index in [1.54, 1.807) is 6.92 Å². The normalized spacial score (nSPS) is 29.6. The number of ether oxygens (including phenoxy) is 2. The molecule has 0 saturated heterocycles. The van der Waals surface area contributed by atoms with Gasteiger partial charge in [0.25, 0.3) is 0 Å². The first-order valence-electron chi connectivity index (χ1n) is 6.92. The highest BCUT2D eigenvalue weighted by atomic mass is 32.2. The molecule has 0 spiro atoms. The third kappa shape index (κ3) is 4.01. The monoisotopic (exact) mass is 300 g/mol. The lowest BCUT2D eigenvalue weighted by atomic mass is 9.76. The van der Waals surface area contributed by atoms with E-state index in [1.807, 2.05) is 18.7 Å². The number of hydrogen-bond acceptors (Lipinski definition) is 5. The molecule has 20 heavy (non-hydrogen) atoms. The van der Waals surface area contributed by atoms with E-state index >= 15 is 0 Å². The number of rotatable bonds is 5. The summed E-state index contributed by atoms with van der Waals surface area (Å²) in [6, 6.07) is 0. The summed E-state index contributed by atoms with van der Waals surface area (Å²) in [4.78, 5) is 23.8. The van der Waals surface area contributed by atoms with Crippen LogP contribution in [0.3, 0.4) is 0 Å². The second-order valence-corrected chi connectivity index (χ2v) is 6.99. The van der Waals surface area contributed by atoms with Crippen LogP contribution in [0, 0.1) is 5.92 Å². The lowest BCUT2D eigenvalue weighted by molar-refractivity contribution is -0.174. The number of thioether (sulfide) groups is 1. The number of esters is 2. The fourth-order valence-corrected chi connectivity index (χ4v) is 3.63. The molecule has 3 unspecified atom stereocenters. The molecule has 1 rings (SSSR count). The van der Waals surface area contributed by atoms with Gasteiger partial charge in [-0.3, -0.25) is 4.79 Å². The minimum atomic E-state index is -0.798. The highest BCUT2D eigenvalue weighted by Gasteiger charge is 2.47. The van der Waals surface area contributed by atoms with Gasteiger partial charge in [-0.25, -0.2) is 4.79 Å². The molecule has 0 aromatic heterocycles. The SMILES string of the molecule is C=C(C)C(=O)OC1(C)CCC(SCC)CC1C(=O)OC. The summed E-state index contributed by atoms with van der Waals surface area (Å²) in [5.74, 6) is -0.138. The molecule has 114 valence electrons. The lowest BCUT2D eigenvalue weighted by Gasteiger charge is -2.41. The molecule has 0 aromatic carbocycles. The summed E-state index contributed by atoms with van der Waals surface area (Å²) in [5.41, 5.74) is -0.451. The average molecular weight is 300 g/mol. The summed E-state index contributed by atoms with van der Waals surface area (Å²) < 4.78 is 10.4. The van der Waals surface area contributed by atoms with Crippen LogP contribution in [0.2, 0.25) is 0 Å². The molecule has 3 atom stereocenters. The zero-order valence-electron chi connectivity index (χ0n) is 12.7. The van der Waals surface area contributed by atoms with Crippen molar-refractivity contribution in [2.75, 3.05) is 12.9 Å². The smallest absolute Gasteiger partial charge is 0.333 e. The van der Waals surface area contributed by atoms with Gasteiger partial charge in [0.1, 0.15) is 5.60 Å². The van der Waals surface area contributed by atoms with E-state index in [-0.39, 0.29) is 5.97 Å². The van der Waals surface area contributed by atoms with Crippen molar-refractivity contribution < 1.29 is 19.1 Å². The maximum Gasteiger partial charge on any atom is 0.333 e. The first kappa shape index (κ1) is 17.1. The minimum Gasteiger partial charge on any atom is -0.469 e. The maximum atomic E-state index is 12.0. The van der Waals surface area contributed by atoms with Gasteiger partial charge in [-0.15, -0.1) is 0 Å². The summed E-state index contributed by atoms with van der Waals surface area (Å²) in [6.07, 6.45) is 2.29. The third-order valence-corrected chi connectivity index (χ3v) is 4.99. The highest BCUT2D eigenvalue weighted by Crippen LogP contribution is 2.41. The molecule has 0 N–H and O–H groups in total. The first-order chi connectivity index (χ1) is 9.34. The van der Waals surface area contributed by atoms with Crippen LogP contribution in [0.4, 0.5) is 0 Å². The fourth-order valence-electron chi connectivity index (χ4n) is 2.55. The second kappa shape index (κ2) is 7.16. The van der Waals surface area contributed by atoms with Crippen molar-refractivity contribution >= 4 is 23.7 Å². The van der Waals surface area contributed by atoms with Crippen LogP contribution in [0.5, 0.6) is 0 Å². The number of hydrogen-bond donors (Lipinski definition) is 0. The van der Waals surface area contributed by atoms with E-state index in [9.17, 15) is 9.59 Å². The second-order valence-electron chi connectivity index (χ2n) is 5.41. The molecule has 0 bridgehead atoms. The van der Waals surface area contributed by atoms with Crippen molar-refractivity contribution in [2.24, 2.45) is 5.92 Å². The van der Waals surface area contributed by atoms with E-state index in [0.717, 1.165) is 12.2 Å². The Kier molecular flexibility index (Phi) is 6.11. The molecule has 0 aromatic rings. The molecule has 0 amide bonds. The largest absolute Gasteiger partial charge is 0.469 e. The Morgan fingerprint density at radius 2 is 2.10 bits per heavy atom. The van der Waals surface area contributed by atoms with E-state index in [0.29, 0.717) is 23.7 Å². The third-order valence-electron chi connectivity index (χ3n) is 3.76. The topological polar surface area (TPSA) is 52.6 Å². The average Bonchev–Trinajstić information content (AvgIpc) is 2.40. The Morgan fingerprint density at radius 1 is 1.45 bits per heavy atom. The van der Waals surface area contributed by atoms with E-state index in [2.05, 4.69) is 13.5 Å². The van der Waals surface area contributed by atoms with Gasteiger partial charge in [-0.1, -0.05) is 13.5 Å². The van der Waals surface area contributed by atoms with Crippen molar-refractivity contribution in [1.29, 1.82) is 0 Å². The van der Waals surface area contributed by atoms with Gasteiger partial charge in [0, 0.05) is 10.8 Å². The van der Waals surface area contributed by atoms with Crippen molar-refractivity contribution in [3.05, 3.63) is 12.2 Å². The van der Waals surface area contributed by atoms with Crippen LogP contribution >= 0.6 is 11.8 Å². The zero-order valence-corrected chi connectivity index (χ0v) is 13.5. The molecule has 1 saturated carbocycles. The van der Waals surface area contributed by atoms with Crippen LogP contribution in [0.15, 0.2) is 12.2 Å². The van der Waals surface area contributed by atoms with Crippen LogP contribution in [-0.4, -0.2) is 35.7 Å². The van der Waals surface area contributed by atoms with Gasteiger partial charge in [-0.05, 0) is 38.9 Å². The van der Waals surface area contributed by atoms with Crippen molar-refractivity contribution in [3.63, 3.8) is 0 Å². The van der Waals surface area contributed by atoms with Crippen LogP contribution in [0.1, 0.15) is 40.0 Å². The molecule has 5 heteroatoms. The summed E-state index contributed by atoms with van der Waals surface area (Å²) in [5, 5.41) is 0.417. The first-order valence-corrected chi connectivity index (χ1v) is 7.97. The van der Waals surface area contributed by atoms with Gasteiger partial charge < -0.3 is 9.47 Å². The molecule has 4 nitrogen and oxygen atoms in total. The fraction of sp³-hybridized carbons (Fsp3) is 0.733. The Bertz CT molecular complexity index is 393. The van der Waals surface area contributed by atoms with Gasteiger partial charge >= 0.3 is 11.9 Å². The summed E-state index contributed by atoms with van der Waals surface area (Å²) in [7, 11) is 1.37. The quantitative estimate of drug-likeness (QED) is 0.577. The molecule has 0 aliphatic heterocycles. The van der Waals surface area contributed by atoms with E-state index in [1.165, 1.54) is 7.11 Å². The molecule has 1 aliphatic rings. The van der Waals surface area contributed by atoms with Gasteiger partial charge in [0.05, 0.1) is 13.0 Å². The Morgan fingerprint density at radius 3 is 2.60 bits per heavy atom. The minimum absolute atomic E-state index is 0.302. The predicted molar refractivity (Wildman–Crippen MR) is 80.6 cm³/mol. The van der Waals surface area contributed by atoms with Crippen molar-refractivity contribution in [2.45, 2.75) is 50.9 Å². The summed E-state index contributed by atoms with van der Waals surface area (Å²) >= 11 is 1.84. The Labute approximate surface area is 125 Å². The molecule has 0 heterocycles. The number of carbonyl (C=O) groups excluding carboxylic acids is 2. The highest BCUT2D eigenvalue weighted by molar-refractivity contribution is 7.99. The van der Waals surface area contributed by atoms with Gasteiger partial charge in [0.2, 0.25) is 0 Å². The molecule has 1 fully saturated rings. The molecular weight excluding hydrogens is 276 g/mol. The molecular formula is C15H24O4S. The zero-order chi connectivity index (χ0) is 15.3. The van der Waals surface area contributed by atoms with Crippen LogP contribution in [-0.2, 0) is 19.1 Å². The van der Waals surface area contributed by atoms with Crippen molar-refractivity contribution in [1.82, 2.24) is 0 Å². The van der Waals surface area contributed by atoms with E-state index in [4.69, 9.17) is 9.47 Å². The van der Waals surface area contributed by atoms with E-state index < -0.39 is 17.5 Å². The predicted octanol–water partition coefficient (Wildman–Crippen LogP) is 2.96.